The van der Waals surface area contributed by atoms with Gasteiger partial charge in [-0.25, -0.2) is 4.98 Å². The number of pyridine rings is 1. The van der Waals surface area contributed by atoms with Crippen LogP contribution in [0.3, 0.4) is 0 Å². The topological polar surface area (TPSA) is 46.4 Å². The van der Waals surface area contributed by atoms with Crippen molar-refractivity contribution in [3.05, 3.63) is 108 Å². The monoisotopic (exact) mass is 355 g/mol. The van der Waals surface area contributed by atoms with Gasteiger partial charge in [0.05, 0.1) is 18.2 Å². The molecule has 1 amide bonds. The normalized spacial score (nSPS) is 11.0. The highest BCUT2D eigenvalue weighted by molar-refractivity contribution is 5.87. The molecule has 4 rings (SSSR count). The van der Waals surface area contributed by atoms with E-state index < -0.39 is 0 Å². The van der Waals surface area contributed by atoms with Gasteiger partial charge >= 0.3 is 0 Å². The second-order valence-corrected chi connectivity index (χ2v) is 6.63. The van der Waals surface area contributed by atoms with Crippen LogP contribution in [0.1, 0.15) is 28.3 Å². The van der Waals surface area contributed by atoms with Crippen LogP contribution in [-0.4, -0.2) is 15.3 Å². The van der Waals surface area contributed by atoms with E-state index in [0.29, 0.717) is 6.54 Å². The van der Waals surface area contributed by atoms with E-state index in [4.69, 9.17) is 0 Å². The number of rotatable bonds is 5. The van der Waals surface area contributed by atoms with Gasteiger partial charge in [0.1, 0.15) is 5.65 Å². The lowest BCUT2D eigenvalue weighted by Crippen LogP contribution is -2.29. The van der Waals surface area contributed by atoms with Crippen LogP contribution in [0.25, 0.3) is 5.65 Å². The number of amides is 1. The SMILES string of the molecule is Cc1cccn2cc(CNC(=O)C(c3ccccc3)c3ccccc3)nc12. The average Bonchev–Trinajstić information content (AvgIpc) is 3.13. The Labute approximate surface area is 158 Å². The first-order chi connectivity index (χ1) is 13.2. The third kappa shape index (κ3) is 3.60. The number of hydrogen-bond donors (Lipinski definition) is 1. The molecule has 0 spiro atoms. The summed E-state index contributed by atoms with van der Waals surface area (Å²) in [6.07, 6.45) is 3.93. The van der Waals surface area contributed by atoms with Crippen LogP contribution < -0.4 is 5.32 Å². The summed E-state index contributed by atoms with van der Waals surface area (Å²) >= 11 is 0. The second kappa shape index (κ2) is 7.46. The molecule has 0 unspecified atom stereocenters. The quantitative estimate of drug-likeness (QED) is 0.586. The van der Waals surface area contributed by atoms with Crippen LogP contribution >= 0.6 is 0 Å². The number of aromatic nitrogens is 2. The summed E-state index contributed by atoms with van der Waals surface area (Å²) in [6.45, 7) is 2.43. The fourth-order valence-corrected chi connectivity index (χ4v) is 3.36. The zero-order valence-corrected chi connectivity index (χ0v) is 15.2. The first-order valence-electron chi connectivity index (χ1n) is 9.03. The molecular weight excluding hydrogens is 334 g/mol. The van der Waals surface area contributed by atoms with E-state index in [9.17, 15) is 4.79 Å². The van der Waals surface area contributed by atoms with Crippen LogP contribution in [0.2, 0.25) is 0 Å². The number of benzene rings is 2. The Hall–Kier alpha value is -3.40. The zero-order valence-electron chi connectivity index (χ0n) is 15.2. The summed E-state index contributed by atoms with van der Waals surface area (Å²) in [5.41, 5.74) is 4.84. The van der Waals surface area contributed by atoms with Crippen molar-refractivity contribution < 1.29 is 4.79 Å². The maximum Gasteiger partial charge on any atom is 0.232 e. The first-order valence-corrected chi connectivity index (χ1v) is 9.03. The molecule has 0 fully saturated rings. The van der Waals surface area contributed by atoms with Crippen molar-refractivity contribution in [1.82, 2.24) is 14.7 Å². The number of hydrogen-bond acceptors (Lipinski definition) is 2. The molecule has 1 N–H and O–H groups in total. The maximum atomic E-state index is 13.1. The highest BCUT2D eigenvalue weighted by Crippen LogP contribution is 2.24. The maximum absolute atomic E-state index is 13.1. The molecule has 0 aliphatic heterocycles. The predicted molar refractivity (Wildman–Crippen MR) is 107 cm³/mol. The van der Waals surface area contributed by atoms with Crippen LogP contribution in [0, 0.1) is 6.92 Å². The largest absolute Gasteiger partial charge is 0.350 e. The lowest BCUT2D eigenvalue weighted by molar-refractivity contribution is -0.121. The minimum absolute atomic E-state index is 0.0267. The molecule has 0 atom stereocenters. The van der Waals surface area contributed by atoms with Crippen molar-refractivity contribution >= 4 is 11.6 Å². The van der Waals surface area contributed by atoms with Crippen molar-refractivity contribution in [2.75, 3.05) is 0 Å². The Kier molecular flexibility index (Phi) is 4.71. The molecule has 4 heteroatoms. The summed E-state index contributed by atoms with van der Waals surface area (Å²) < 4.78 is 1.99. The molecule has 27 heavy (non-hydrogen) atoms. The predicted octanol–water partition coefficient (Wildman–Crippen LogP) is 4.09. The first kappa shape index (κ1) is 17.0. The molecule has 0 saturated heterocycles. The number of imidazole rings is 1. The summed E-state index contributed by atoms with van der Waals surface area (Å²) in [6, 6.07) is 23.8. The second-order valence-electron chi connectivity index (χ2n) is 6.63. The van der Waals surface area contributed by atoms with Gasteiger partial charge in [-0.05, 0) is 29.7 Å². The third-order valence-electron chi connectivity index (χ3n) is 4.70. The van der Waals surface area contributed by atoms with E-state index >= 15 is 0 Å². The van der Waals surface area contributed by atoms with Crippen molar-refractivity contribution in [3.8, 4) is 0 Å². The molecule has 2 aromatic carbocycles. The van der Waals surface area contributed by atoms with Gasteiger partial charge in [0.2, 0.25) is 5.91 Å². The Balaban J connectivity index is 1.57. The molecule has 0 bridgehead atoms. The highest BCUT2D eigenvalue weighted by atomic mass is 16.1. The molecule has 0 radical (unpaired) electrons. The third-order valence-corrected chi connectivity index (χ3v) is 4.70. The van der Waals surface area contributed by atoms with E-state index in [1.807, 2.05) is 96.5 Å². The summed E-state index contributed by atoms with van der Waals surface area (Å²) in [7, 11) is 0. The van der Waals surface area contributed by atoms with Gasteiger partial charge in [-0.1, -0.05) is 66.7 Å². The number of aryl methyl sites for hydroxylation is 1. The fourth-order valence-electron chi connectivity index (χ4n) is 3.36. The van der Waals surface area contributed by atoms with E-state index in [1.165, 1.54) is 0 Å². The van der Waals surface area contributed by atoms with E-state index in [1.54, 1.807) is 0 Å². The average molecular weight is 355 g/mol. The fraction of sp³-hybridized carbons (Fsp3) is 0.130. The molecule has 4 aromatic rings. The van der Waals surface area contributed by atoms with Crippen molar-refractivity contribution in [1.29, 1.82) is 0 Å². The Morgan fingerprint density at radius 2 is 1.59 bits per heavy atom. The van der Waals surface area contributed by atoms with Gasteiger partial charge in [-0.3, -0.25) is 4.79 Å². The van der Waals surface area contributed by atoms with Crippen LogP contribution in [0.15, 0.2) is 85.2 Å². The van der Waals surface area contributed by atoms with Gasteiger partial charge in [0.15, 0.2) is 0 Å². The van der Waals surface area contributed by atoms with Crippen LogP contribution in [-0.2, 0) is 11.3 Å². The summed E-state index contributed by atoms with van der Waals surface area (Å²) in [5.74, 6) is -0.368. The number of nitrogens with one attached hydrogen (secondary N) is 1. The van der Waals surface area contributed by atoms with Gasteiger partial charge in [0, 0.05) is 12.4 Å². The summed E-state index contributed by atoms with van der Waals surface area (Å²) in [5, 5.41) is 3.06. The van der Waals surface area contributed by atoms with E-state index in [2.05, 4.69) is 10.3 Å². The molecule has 0 aliphatic carbocycles. The molecule has 0 saturated carbocycles. The highest BCUT2D eigenvalue weighted by Gasteiger charge is 2.22. The number of carbonyl (C=O) groups excluding carboxylic acids is 1. The molecule has 4 nitrogen and oxygen atoms in total. The molecular formula is C23H21N3O. The lowest BCUT2D eigenvalue weighted by Gasteiger charge is -2.17. The van der Waals surface area contributed by atoms with E-state index in [0.717, 1.165) is 28.0 Å². The number of carbonyl (C=O) groups is 1. The zero-order chi connectivity index (χ0) is 18.6. The standard InChI is InChI=1S/C23H21N3O/c1-17-9-8-14-26-16-20(25-22(17)26)15-24-23(27)21(18-10-4-2-5-11-18)19-12-6-3-7-13-19/h2-14,16,21H,15H2,1H3,(H,24,27). The summed E-state index contributed by atoms with van der Waals surface area (Å²) in [4.78, 5) is 17.7. The van der Waals surface area contributed by atoms with Gasteiger partial charge in [-0.15, -0.1) is 0 Å². The van der Waals surface area contributed by atoms with Crippen molar-refractivity contribution in [3.63, 3.8) is 0 Å². The van der Waals surface area contributed by atoms with E-state index in [-0.39, 0.29) is 11.8 Å². The lowest BCUT2D eigenvalue weighted by atomic mass is 9.90. The minimum Gasteiger partial charge on any atom is -0.350 e. The Morgan fingerprint density at radius 3 is 2.19 bits per heavy atom. The van der Waals surface area contributed by atoms with Crippen molar-refractivity contribution in [2.45, 2.75) is 19.4 Å². The van der Waals surface area contributed by atoms with Gasteiger partial charge < -0.3 is 9.72 Å². The molecule has 2 aromatic heterocycles. The Morgan fingerprint density at radius 1 is 0.963 bits per heavy atom. The van der Waals surface area contributed by atoms with Gasteiger partial charge in [-0.2, -0.15) is 0 Å². The molecule has 0 aliphatic rings. The molecule has 134 valence electrons. The van der Waals surface area contributed by atoms with Crippen LogP contribution in [0.5, 0.6) is 0 Å². The van der Waals surface area contributed by atoms with Crippen LogP contribution in [0.4, 0.5) is 0 Å². The minimum atomic E-state index is -0.342. The van der Waals surface area contributed by atoms with Gasteiger partial charge in [0.25, 0.3) is 0 Å². The van der Waals surface area contributed by atoms with Crippen molar-refractivity contribution in [2.24, 2.45) is 0 Å². The Bertz CT molecular complexity index is 1020. The smallest absolute Gasteiger partial charge is 0.232 e. The number of nitrogens with zero attached hydrogens (tertiary/aromatic N) is 2. The molecule has 2 heterocycles. The number of fused-ring (bicyclic) bond motifs is 1.